The lowest BCUT2D eigenvalue weighted by molar-refractivity contribution is 0.360. The summed E-state index contributed by atoms with van der Waals surface area (Å²) in [6.45, 7) is 11.4. The minimum Gasteiger partial charge on any atom is -0.307 e. The van der Waals surface area contributed by atoms with E-state index >= 15 is 0 Å². The van der Waals surface area contributed by atoms with Gasteiger partial charge in [-0.2, -0.15) is 0 Å². The minimum absolute atomic E-state index is 0.489. The average molecular weight is 253 g/mol. The fraction of sp³-hybridized carbons (Fsp3) is 0.733. The topological polar surface area (TPSA) is 12.0 Å². The Labute approximate surface area is 111 Å². The molecule has 0 radical (unpaired) electrons. The summed E-state index contributed by atoms with van der Waals surface area (Å²) in [5, 5.41) is 3.77. The highest BCUT2D eigenvalue weighted by Crippen LogP contribution is 2.24. The third-order valence-electron chi connectivity index (χ3n) is 3.55. The van der Waals surface area contributed by atoms with Crippen LogP contribution in [0.1, 0.15) is 62.8 Å². The van der Waals surface area contributed by atoms with Crippen molar-refractivity contribution < 1.29 is 0 Å². The monoisotopic (exact) mass is 253 g/mol. The second kappa shape index (κ2) is 7.17. The third kappa shape index (κ3) is 4.81. The molecule has 0 aliphatic carbocycles. The molecule has 0 amide bonds. The van der Waals surface area contributed by atoms with Gasteiger partial charge in [0.25, 0.3) is 0 Å². The van der Waals surface area contributed by atoms with Crippen molar-refractivity contribution in [2.75, 3.05) is 0 Å². The molecule has 3 atom stereocenters. The Morgan fingerprint density at radius 2 is 1.88 bits per heavy atom. The van der Waals surface area contributed by atoms with E-state index in [-0.39, 0.29) is 0 Å². The minimum atomic E-state index is 0.489. The Bertz CT molecular complexity index is 318. The van der Waals surface area contributed by atoms with Crippen molar-refractivity contribution in [3.05, 3.63) is 21.9 Å². The summed E-state index contributed by atoms with van der Waals surface area (Å²) in [6, 6.07) is 5.62. The number of hydrogen-bond acceptors (Lipinski definition) is 2. The normalized spacial score (nSPS) is 16.8. The molecule has 98 valence electrons. The van der Waals surface area contributed by atoms with E-state index in [2.05, 4.69) is 52.1 Å². The highest BCUT2D eigenvalue weighted by atomic mass is 32.1. The molecule has 17 heavy (non-hydrogen) atoms. The third-order valence-corrected chi connectivity index (χ3v) is 4.73. The molecule has 0 aliphatic heterocycles. The summed E-state index contributed by atoms with van der Waals surface area (Å²) in [5.74, 6) is 0.824. The van der Waals surface area contributed by atoms with Gasteiger partial charge in [0.2, 0.25) is 0 Å². The molecule has 1 aromatic heterocycles. The molecule has 3 unspecified atom stereocenters. The molecule has 0 saturated carbocycles. The zero-order chi connectivity index (χ0) is 12.8. The fourth-order valence-electron chi connectivity index (χ4n) is 2.13. The predicted molar refractivity (Wildman–Crippen MR) is 78.8 cm³/mol. The van der Waals surface area contributed by atoms with Crippen LogP contribution in [0.4, 0.5) is 0 Å². The van der Waals surface area contributed by atoms with Crippen LogP contribution < -0.4 is 5.32 Å². The lowest BCUT2D eigenvalue weighted by atomic mass is 9.97. The van der Waals surface area contributed by atoms with Crippen molar-refractivity contribution in [2.24, 2.45) is 5.92 Å². The van der Waals surface area contributed by atoms with Gasteiger partial charge in [0.15, 0.2) is 0 Å². The van der Waals surface area contributed by atoms with Crippen molar-refractivity contribution in [3.8, 4) is 0 Å². The van der Waals surface area contributed by atoms with Gasteiger partial charge in [0.05, 0.1) is 0 Å². The number of hydrogen-bond donors (Lipinski definition) is 1. The van der Waals surface area contributed by atoms with E-state index in [1.54, 1.807) is 0 Å². The highest BCUT2D eigenvalue weighted by Gasteiger charge is 2.15. The first-order valence-electron chi connectivity index (χ1n) is 6.89. The summed E-state index contributed by atoms with van der Waals surface area (Å²) in [4.78, 5) is 2.87. The van der Waals surface area contributed by atoms with Crippen LogP contribution >= 0.6 is 11.3 Å². The number of thiophene rings is 1. The van der Waals surface area contributed by atoms with Crippen LogP contribution in [-0.2, 0) is 0 Å². The Morgan fingerprint density at radius 1 is 1.18 bits per heavy atom. The number of nitrogens with one attached hydrogen (secondary N) is 1. The van der Waals surface area contributed by atoms with Gasteiger partial charge < -0.3 is 5.32 Å². The van der Waals surface area contributed by atoms with Crippen LogP contribution in [0.3, 0.4) is 0 Å². The molecule has 0 saturated heterocycles. The molecular formula is C15H27NS. The zero-order valence-electron chi connectivity index (χ0n) is 11.9. The van der Waals surface area contributed by atoms with Gasteiger partial charge in [-0.1, -0.05) is 27.2 Å². The lowest BCUT2D eigenvalue weighted by Crippen LogP contribution is -2.32. The van der Waals surface area contributed by atoms with Crippen LogP contribution in [0.15, 0.2) is 12.1 Å². The standard InChI is InChI=1S/C15H27NS/c1-6-11(3)10-14(7-2)16-13(5)15-9-8-12(4)17-15/h8-9,11,13-14,16H,6-7,10H2,1-5H3. The van der Waals surface area contributed by atoms with E-state index in [0.29, 0.717) is 12.1 Å². The quantitative estimate of drug-likeness (QED) is 0.727. The van der Waals surface area contributed by atoms with Crippen LogP contribution in [0.5, 0.6) is 0 Å². The maximum absolute atomic E-state index is 3.77. The molecule has 1 nitrogen and oxygen atoms in total. The molecule has 1 N–H and O–H groups in total. The van der Waals surface area contributed by atoms with Gasteiger partial charge >= 0.3 is 0 Å². The van der Waals surface area contributed by atoms with Crippen molar-refractivity contribution in [2.45, 2.75) is 66.0 Å². The summed E-state index contributed by atoms with van der Waals surface area (Å²) in [6.07, 6.45) is 3.80. The number of aryl methyl sites for hydroxylation is 1. The lowest BCUT2D eigenvalue weighted by Gasteiger charge is -2.24. The van der Waals surface area contributed by atoms with E-state index in [9.17, 15) is 0 Å². The summed E-state index contributed by atoms with van der Waals surface area (Å²) >= 11 is 1.91. The molecule has 0 bridgehead atoms. The van der Waals surface area contributed by atoms with E-state index in [0.717, 1.165) is 5.92 Å². The summed E-state index contributed by atoms with van der Waals surface area (Å²) in [5.41, 5.74) is 0. The van der Waals surface area contributed by atoms with E-state index in [1.165, 1.54) is 29.0 Å². The van der Waals surface area contributed by atoms with Crippen molar-refractivity contribution in [1.82, 2.24) is 5.32 Å². The largest absolute Gasteiger partial charge is 0.307 e. The second-order valence-corrected chi connectivity index (χ2v) is 6.51. The molecule has 0 aliphatic rings. The van der Waals surface area contributed by atoms with Crippen molar-refractivity contribution in [1.29, 1.82) is 0 Å². The molecule has 1 rings (SSSR count). The maximum Gasteiger partial charge on any atom is 0.0388 e. The number of rotatable bonds is 7. The van der Waals surface area contributed by atoms with E-state index < -0.39 is 0 Å². The second-order valence-electron chi connectivity index (χ2n) is 5.19. The van der Waals surface area contributed by atoms with E-state index in [4.69, 9.17) is 0 Å². The van der Waals surface area contributed by atoms with Crippen LogP contribution in [0, 0.1) is 12.8 Å². The summed E-state index contributed by atoms with van der Waals surface area (Å²) < 4.78 is 0. The Balaban J connectivity index is 2.50. The first-order chi connectivity index (χ1) is 8.06. The highest BCUT2D eigenvalue weighted by molar-refractivity contribution is 7.12. The zero-order valence-corrected chi connectivity index (χ0v) is 12.7. The molecule has 1 aromatic rings. The maximum atomic E-state index is 3.77. The van der Waals surface area contributed by atoms with Gasteiger partial charge in [-0.3, -0.25) is 0 Å². The van der Waals surface area contributed by atoms with Crippen LogP contribution in [-0.4, -0.2) is 6.04 Å². The fourth-order valence-corrected chi connectivity index (χ4v) is 3.02. The first-order valence-corrected chi connectivity index (χ1v) is 7.70. The SMILES string of the molecule is CCC(C)CC(CC)NC(C)c1ccc(C)s1. The van der Waals surface area contributed by atoms with Gasteiger partial charge in [0, 0.05) is 21.8 Å². The molecule has 1 heterocycles. The average Bonchev–Trinajstić information content (AvgIpc) is 2.74. The van der Waals surface area contributed by atoms with Crippen LogP contribution in [0.2, 0.25) is 0 Å². The van der Waals surface area contributed by atoms with Crippen molar-refractivity contribution in [3.63, 3.8) is 0 Å². The Hall–Kier alpha value is -0.340. The first kappa shape index (κ1) is 14.7. The predicted octanol–water partition coefficient (Wildman–Crippen LogP) is 4.92. The summed E-state index contributed by atoms with van der Waals surface area (Å²) in [7, 11) is 0. The Kier molecular flexibility index (Phi) is 6.21. The van der Waals surface area contributed by atoms with Gasteiger partial charge in [-0.15, -0.1) is 11.3 Å². The smallest absolute Gasteiger partial charge is 0.0388 e. The molecular weight excluding hydrogens is 226 g/mol. The molecule has 0 spiro atoms. The van der Waals surface area contributed by atoms with Gasteiger partial charge in [-0.05, 0) is 44.7 Å². The van der Waals surface area contributed by atoms with Crippen LogP contribution in [0.25, 0.3) is 0 Å². The molecule has 0 fully saturated rings. The van der Waals surface area contributed by atoms with Gasteiger partial charge in [0.1, 0.15) is 0 Å². The van der Waals surface area contributed by atoms with E-state index in [1.807, 2.05) is 11.3 Å². The van der Waals surface area contributed by atoms with Crippen molar-refractivity contribution >= 4 is 11.3 Å². The molecule has 0 aromatic carbocycles. The Morgan fingerprint density at radius 3 is 2.35 bits per heavy atom. The van der Waals surface area contributed by atoms with Gasteiger partial charge in [-0.25, -0.2) is 0 Å². The molecule has 2 heteroatoms.